The molecule has 1 saturated heterocycles. The third kappa shape index (κ3) is 5.45. The Morgan fingerprint density at radius 1 is 1.19 bits per heavy atom. The Kier molecular flexibility index (Phi) is 6.86. The van der Waals surface area contributed by atoms with Crippen molar-refractivity contribution in [2.24, 2.45) is 0 Å². The zero-order valence-corrected chi connectivity index (χ0v) is 20.4. The molecule has 37 heavy (non-hydrogen) atoms. The van der Waals surface area contributed by atoms with Crippen LogP contribution in [0.3, 0.4) is 0 Å². The van der Waals surface area contributed by atoms with E-state index < -0.39 is 36.0 Å². The van der Waals surface area contributed by atoms with Gasteiger partial charge < -0.3 is 15.2 Å². The molecule has 3 aromatic rings. The molecule has 2 amide bonds. The first-order chi connectivity index (χ1) is 17.8. The molecule has 2 fully saturated rings. The highest BCUT2D eigenvalue weighted by Gasteiger charge is 2.40. The van der Waals surface area contributed by atoms with Gasteiger partial charge in [0.15, 0.2) is 0 Å². The van der Waals surface area contributed by atoms with Gasteiger partial charge in [-0.05, 0) is 48.9 Å². The molecule has 2 aromatic heterocycles. The molecule has 1 aliphatic carbocycles. The fourth-order valence-electron chi connectivity index (χ4n) is 4.88. The average Bonchev–Trinajstić information content (AvgIpc) is 3.65. The number of alkyl halides is 1. The number of benzene rings is 1. The lowest BCUT2D eigenvalue weighted by Crippen LogP contribution is -2.47. The standard InChI is InChI=1S/C28H28F2N4O3/c1-16-11-17(14-31-27(16)36)12-24(35)34-15-20(29)13-23(34)28(37)33-25(19-5-3-2-4-6-19)22-10-9-21(18-7-8-18)26(30)32-22/h2-6,9-11,14,18,20,23,25H,7-8,12-13,15H2,1H3,(H,31,36)(H,33,37). The number of likely N-dealkylation sites (tertiary alicyclic amines) is 1. The highest BCUT2D eigenvalue weighted by molar-refractivity contribution is 5.89. The number of rotatable bonds is 7. The van der Waals surface area contributed by atoms with Gasteiger partial charge in [-0.3, -0.25) is 14.4 Å². The number of amides is 2. The molecule has 3 atom stereocenters. The third-order valence-corrected chi connectivity index (χ3v) is 7.01. The number of aromatic amines is 1. The van der Waals surface area contributed by atoms with Crippen LogP contribution in [0.15, 0.2) is 59.5 Å². The van der Waals surface area contributed by atoms with Crippen molar-refractivity contribution in [2.75, 3.05) is 6.54 Å². The Balaban J connectivity index is 1.37. The predicted molar refractivity (Wildman–Crippen MR) is 133 cm³/mol. The van der Waals surface area contributed by atoms with Crippen molar-refractivity contribution in [3.8, 4) is 0 Å². The maximum Gasteiger partial charge on any atom is 0.250 e. The monoisotopic (exact) mass is 506 g/mol. The Hall–Kier alpha value is -3.88. The number of carbonyl (C=O) groups excluding carboxylic acids is 2. The quantitative estimate of drug-likeness (QED) is 0.480. The van der Waals surface area contributed by atoms with E-state index in [1.807, 2.05) is 6.07 Å². The average molecular weight is 507 g/mol. The van der Waals surface area contributed by atoms with Crippen molar-refractivity contribution in [3.05, 3.63) is 99.0 Å². The van der Waals surface area contributed by atoms with Gasteiger partial charge in [0, 0.05) is 23.7 Å². The van der Waals surface area contributed by atoms with E-state index in [1.54, 1.807) is 49.4 Å². The van der Waals surface area contributed by atoms with Gasteiger partial charge in [0.1, 0.15) is 12.2 Å². The zero-order chi connectivity index (χ0) is 26.1. The van der Waals surface area contributed by atoms with Gasteiger partial charge in [0.2, 0.25) is 17.8 Å². The lowest BCUT2D eigenvalue weighted by atomic mass is 10.0. The topological polar surface area (TPSA) is 95.2 Å². The Labute approximate surface area is 212 Å². The van der Waals surface area contributed by atoms with Crippen LogP contribution in [-0.4, -0.2) is 45.4 Å². The Bertz CT molecular complexity index is 1370. The summed E-state index contributed by atoms with van der Waals surface area (Å²) in [5, 5.41) is 2.89. The number of pyridine rings is 2. The van der Waals surface area contributed by atoms with Gasteiger partial charge in [-0.15, -0.1) is 0 Å². The molecular formula is C28H28F2N4O3. The molecule has 0 radical (unpaired) electrons. The first-order valence-electron chi connectivity index (χ1n) is 12.4. The number of H-pyrrole nitrogens is 1. The minimum atomic E-state index is -1.35. The summed E-state index contributed by atoms with van der Waals surface area (Å²) in [6, 6.07) is 12.3. The minimum Gasteiger partial charge on any atom is -0.342 e. The van der Waals surface area contributed by atoms with Crippen LogP contribution in [-0.2, 0) is 16.0 Å². The van der Waals surface area contributed by atoms with Crippen LogP contribution in [0.2, 0.25) is 0 Å². The summed E-state index contributed by atoms with van der Waals surface area (Å²) in [6.45, 7) is 1.44. The van der Waals surface area contributed by atoms with E-state index >= 15 is 0 Å². The number of hydrogen-bond donors (Lipinski definition) is 2. The predicted octanol–water partition coefficient (Wildman–Crippen LogP) is 3.48. The van der Waals surface area contributed by atoms with E-state index in [-0.39, 0.29) is 30.9 Å². The van der Waals surface area contributed by atoms with Crippen LogP contribution in [0.1, 0.15) is 59.2 Å². The Morgan fingerprint density at radius 3 is 2.62 bits per heavy atom. The lowest BCUT2D eigenvalue weighted by Gasteiger charge is -2.27. The number of nitrogens with zero attached hydrogens (tertiary/aromatic N) is 2. The fourth-order valence-corrected chi connectivity index (χ4v) is 4.88. The van der Waals surface area contributed by atoms with E-state index in [0.717, 1.165) is 12.8 Å². The summed E-state index contributed by atoms with van der Waals surface area (Å²) >= 11 is 0. The van der Waals surface area contributed by atoms with Crippen LogP contribution in [0.25, 0.3) is 0 Å². The molecule has 2 N–H and O–H groups in total. The van der Waals surface area contributed by atoms with Crippen molar-refractivity contribution >= 4 is 11.8 Å². The summed E-state index contributed by atoms with van der Waals surface area (Å²) in [6.07, 6.45) is 1.76. The van der Waals surface area contributed by atoms with E-state index in [0.29, 0.717) is 27.9 Å². The molecule has 5 rings (SSSR count). The van der Waals surface area contributed by atoms with Crippen molar-refractivity contribution in [1.82, 2.24) is 20.2 Å². The summed E-state index contributed by atoms with van der Waals surface area (Å²) in [7, 11) is 0. The number of aromatic nitrogens is 2. The van der Waals surface area contributed by atoms with E-state index in [2.05, 4.69) is 15.3 Å². The molecule has 3 unspecified atom stereocenters. The summed E-state index contributed by atoms with van der Waals surface area (Å²) in [5.41, 5.74) is 2.38. The third-order valence-electron chi connectivity index (χ3n) is 7.01. The van der Waals surface area contributed by atoms with Gasteiger partial charge in [-0.2, -0.15) is 4.39 Å². The summed E-state index contributed by atoms with van der Waals surface area (Å²) in [5.74, 6) is -1.31. The first-order valence-corrected chi connectivity index (χ1v) is 12.4. The summed E-state index contributed by atoms with van der Waals surface area (Å²) < 4.78 is 29.3. The molecule has 7 nitrogen and oxygen atoms in total. The molecule has 1 aromatic carbocycles. The lowest BCUT2D eigenvalue weighted by molar-refractivity contribution is -0.138. The van der Waals surface area contributed by atoms with Crippen molar-refractivity contribution in [3.63, 3.8) is 0 Å². The second kappa shape index (κ2) is 10.2. The van der Waals surface area contributed by atoms with Gasteiger partial charge >= 0.3 is 0 Å². The maximum atomic E-state index is 14.8. The van der Waals surface area contributed by atoms with Gasteiger partial charge in [-0.1, -0.05) is 36.4 Å². The molecule has 2 aliphatic rings. The molecule has 3 heterocycles. The fraction of sp³-hybridized carbons (Fsp3) is 0.357. The number of carbonyl (C=O) groups is 2. The van der Waals surface area contributed by atoms with Crippen LogP contribution in [0.4, 0.5) is 8.78 Å². The highest BCUT2D eigenvalue weighted by atomic mass is 19.1. The molecule has 1 aliphatic heterocycles. The summed E-state index contributed by atoms with van der Waals surface area (Å²) in [4.78, 5) is 46.1. The van der Waals surface area contributed by atoms with Crippen molar-refractivity contribution < 1.29 is 18.4 Å². The number of nitrogens with one attached hydrogen (secondary N) is 2. The van der Waals surface area contributed by atoms with E-state index in [9.17, 15) is 23.2 Å². The number of aryl methyl sites for hydroxylation is 1. The molecule has 9 heteroatoms. The van der Waals surface area contributed by atoms with E-state index in [4.69, 9.17) is 0 Å². The van der Waals surface area contributed by atoms with Crippen LogP contribution in [0, 0.1) is 12.9 Å². The smallest absolute Gasteiger partial charge is 0.250 e. The normalized spacial score (nSPS) is 20.0. The van der Waals surface area contributed by atoms with Crippen LogP contribution < -0.4 is 10.9 Å². The Morgan fingerprint density at radius 2 is 1.95 bits per heavy atom. The van der Waals surface area contributed by atoms with Crippen LogP contribution in [0.5, 0.6) is 0 Å². The number of halogens is 2. The minimum absolute atomic E-state index is 0.0777. The first kappa shape index (κ1) is 24.8. The molecule has 0 spiro atoms. The molecule has 0 bridgehead atoms. The van der Waals surface area contributed by atoms with Crippen molar-refractivity contribution in [2.45, 2.75) is 56.8 Å². The molecular weight excluding hydrogens is 478 g/mol. The highest BCUT2D eigenvalue weighted by Crippen LogP contribution is 2.41. The largest absolute Gasteiger partial charge is 0.342 e. The van der Waals surface area contributed by atoms with E-state index in [1.165, 1.54) is 11.1 Å². The van der Waals surface area contributed by atoms with Gasteiger partial charge in [-0.25, -0.2) is 9.37 Å². The SMILES string of the molecule is Cc1cc(CC(=O)N2CC(F)CC2C(=O)NC(c2ccccc2)c2ccc(C3CC3)c(F)n2)c[nH]c1=O. The molecule has 1 saturated carbocycles. The van der Waals surface area contributed by atoms with Crippen LogP contribution >= 0.6 is 0 Å². The second-order valence-electron chi connectivity index (χ2n) is 9.83. The second-order valence-corrected chi connectivity index (χ2v) is 9.83. The van der Waals surface area contributed by atoms with Gasteiger partial charge in [0.05, 0.1) is 24.7 Å². The maximum absolute atomic E-state index is 14.8. The van der Waals surface area contributed by atoms with Gasteiger partial charge in [0.25, 0.3) is 5.56 Å². The van der Waals surface area contributed by atoms with Crippen molar-refractivity contribution in [1.29, 1.82) is 0 Å². The number of hydrogen-bond acceptors (Lipinski definition) is 4. The molecule has 192 valence electrons. The zero-order valence-electron chi connectivity index (χ0n) is 20.4.